The highest BCUT2D eigenvalue weighted by atomic mass is 35.5. The monoisotopic (exact) mass is 348 g/mol. The van der Waals surface area contributed by atoms with Crippen LogP contribution in [-0.2, 0) is 4.79 Å². The van der Waals surface area contributed by atoms with Gasteiger partial charge in [-0.15, -0.1) is 0 Å². The van der Waals surface area contributed by atoms with Gasteiger partial charge in [0.15, 0.2) is 0 Å². The first-order valence-electron chi connectivity index (χ1n) is 7.73. The molecule has 0 bridgehead atoms. The highest BCUT2D eigenvalue weighted by Gasteiger charge is 2.28. The highest BCUT2D eigenvalue weighted by molar-refractivity contribution is 6.32. The van der Waals surface area contributed by atoms with Gasteiger partial charge in [-0.25, -0.2) is 4.39 Å². The van der Waals surface area contributed by atoms with Crippen LogP contribution < -0.4 is 15.4 Å². The van der Waals surface area contributed by atoms with Gasteiger partial charge >= 0.3 is 0 Å². The third-order valence-electron chi connectivity index (χ3n) is 3.85. The Bertz CT molecular complexity index is 732. The first kappa shape index (κ1) is 16.6. The van der Waals surface area contributed by atoms with Gasteiger partial charge in [-0.1, -0.05) is 23.7 Å². The minimum atomic E-state index is -0.629. The standard InChI is InChI=1S/C18H18ClFN2O2/c1-24-16-9-8-14(10-15(16)19)21-17(18(23)22-13-6-7-13)11-2-4-12(20)5-3-11/h2-5,8-10,13,17,21H,6-7H2,1H3,(H,22,23)/t17-/m0/s1. The second-order valence-electron chi connectivity index (χ2n) is 5.76. The van der Waals surface area contributed by atoms with E-state index in [0.29, 0.717) is 22.0 Å². The highest BCUT2D eigenvalue weighted by Crippen LogP contribution is 2.30. The van der Waals surface area contributed by atoms with E-state index < -0.39 is 6.04 Å². The van der Waals surface area contributed by atoms with Crippen molar-refractivity contribution in [3.63, 3.8) is 0 Å². The van der Waals surface area contributed by atoms with E-state index in [1.165, 1.54) is 12.1 Å². The first-order chi connectivity index (χ1) is 11.6. The van der Waals surface area contributed by atoms with Gasteiger partial charge in [0.05, 0.1) is 12.1 Å². The summed E-state index contributed by atoms with van der Waals surface area (Å²) in [6.07, 6.45) is 1.99. The van der Waals surface area contributed by atoms with Crippen molar-refractivity contribution in [2.45, 2.75) is 24.9 Å². The average molecular weight is 349 g/mol. The average Bonchev–Trinajstić information content (AvgIpc) is 3.37. The topological polar surface area (TPSA) is 50.4 Å². The van der Waals surface area contributed by atoms with Gasteiger partial charge in [0.2, 0.25) is 5.91 Å². The molecule has 6 heteroatoms. The zero-order valence-corrected chi connectivity index (χ0v) is 13.9. The van der Waals surface area contributed by atoms with Crippen molar-refractivity contribution < 1.29 is 13.9 Å². The second kappa shape index (κ2) is 7.09. The van der Waals surface area contributed by atoms with Crippen LogP contribution in [0, 0.1) is 5.82 Å². The fraction of sp³-hybridized carbons (Fsp3) is 0.278. The Morgan fingerprint density at radius 2 is 1.96 bits per heavy atom. The van der Waals surface area contributed by atoms with E-state index in [0.717, 1.165) is 12.8 Å². The lowest BCUT2D eigenvalue weighted by atomic mass is 10.1. The Morgan fingerprint density at radius 1 is 1.25 bits per heavy atom. The molecule has 1 atom stereocenters. The molecule has 126 valence electrons. The van der Waals surface area contributed by atoms with Crippen LogP contribution in [-0.4, -0.2) is 19.1 Å². The summed E-state index contributed by atoms with van der Waals surface area (Å²) in [7, 11) is 1.54. The Labute approximate surface area is 145 Å². The molecular weight excluding hydrogens is 331 g/mol. The maximum atomic E-state index is 13.2. The number of nitrogens with one attached hydrogen (secondary N) is 2. The van der Waals surface area contributed by atoms with E-state index >= 15 is 0 Å². The molecule has 0 heterocycles. The zero-order chi connectivity index (χ0) is 17.1. The smallest absolute Gasteiger partial charge is 0.247 e. The van der Waals surface area contributed by atoms with E-state index in [4.69, 9.17) is 16.3 Å². The van der Waals surface area contributed by atoms with Gasteiger partial charge in [-0.2, -0.15) is 0 Å². The van der Waals surface area contributed by atoms with Crippen LogP contribution in [0.4, 0.5) is 10.1 Å². The van der Waals surface area contributed by atoms with Crippen LogP contribution in [0.1, 0.15) is 24.4 Å². The lowest BCUT2D eigenvalue weighted by Crippen LogP contribution is -2.34. The van der Waals surface area contributed by atoms with Gasteiger partial charge in [-0.3, -0.25) is 4.79 Å². The maximum Gasteiger partial charge on any atom is 0.247 e. The number of carbonyl (C=O) groups excluding carboxylic acids is 1. The second-order valence-corrected chi connectivity index (χ2v) is 6.17. The summed E-state index contributed by atoms with van der Waals surface area (Å²) in [6, 6.07) is 10.7. The molecule has 1 aliphatic carbocycles. The summed E-state index contributed by atoms with van der Waals surface area (Å²) in [5, 5.41) is 6.58. The minimum absolute atomic E-state index is 0.143. The molecule has 3 rings (SSSR count). The van der Waals surface area contributed by atoms with Crippen molar-refractivity contribution >= 4 is 23.2 Å². The molecule has 2 aromatic rings. The molecule has 0 saturated heterocycles. The van der Waals surface area contributed by atoms with E-state index in [2.05, 4.69) is 10.6 Å². The number of benzene rings is 2. The summed E-state index contributed by atoms with van der Waals surface area (Å²) in [5.74, 6) is 0.0756. The van der Waals surface area contributed by atoms with Crippen molar-refractivity contribution in [1.82, 2.24) is 5.32 Å². The maximum absolute atomic E-state index is 13.2. The molecule has 2 N–H and O–H groups in total. The summed E-state index contributed by atoms with van der Waals surface area (Å²) in [4.78, 5) is 12.6. The fourth-order valence-electron chi connectivity index (χ4n) is 2.39. The van der Waals surface area contributed by atoms with E-state index in [9.17, 15) is 9.18 Å². The number of hydrogen-bond donors (Lipinski definition) is 2. The van der Waals surface area contributed by atoms with Crippen LogP contribution in [0.25, 0.3) is 0 Å². The van der Waals surface area contributed by atoms with Crippen molar-refractivity contribution in [3.8, 4) is 5.75 Å². The number of halogens is 2. The SMILES string of the molecule is COc1ccc(N[C@H](C(=O)NC2CC2)c2ccc(F)cc2)cc1Cl. The third-order valence-corrected chi connectivity index (χ3v) is 4.15. The zero-order valence-electron chi connectivity index (χ0n) is 13.2. The van der Waals surface area contributed by atoms with Crippen molar-refractivity contribution in [1.29, 1.82) is 0 Å². The molecule has 2 aromatic carbocycles. The van der Waals surface area contributed by atoms with E-state index in [1.807, 2.05) is 0 Å². The number of methoxy groups -OCH3 is 1. The molecule has 1 aliphatic rings. The summed E-state index contributed by atoms with van der Waals surface area (Å²) in [5.41, 5.74) is 1.36. The lowest BCUT2D eigenvalue weighted by Gasteiger charge is -2.20. The predicted octanol–water partition coefficient (Wildman–Crippen LogP) is 3.92. The molecule has 1 fully saturated rings. The minimum Gasteiger partial charge on any atom is -0.495 e. The van der Waals surface area contributed by atoms with Crippen molar-refractivity contribution in [2.24, 2.45) is 0 Å². The van der Waals surface area contributed by atoms with Crippen LogP contribution in [0.5, 0.6) is 5.75 Å². The molecule has 1 amide bonds. The third kappa shape index (κ3) is 3.97. The Hall–Kier alpha value is -2.27. The molecule has 4 nitrogen and oxygen atoms in total. The molecule has 0 spiro atoms. The predicted molar refractivity (Wildman–Crippen MR) is 91.9 cm³/mol. The number of rotatable bonds is 6. The molecule has 0 aliphatic heterocycles. The molecule has 24 heavy (non-hydrogen) atoms. The molecule has 0 unspecified atom stereocenters. The fourth-order valence-corrected chi connectivity index (χ4v) is 2.65. The van der Waals surface area contributed by atoms with Crippen molar-refractivity contribution in [2.75, 3.05) is 12.4 Å². The quantitative estimate of drug-likeness (QED) is 0.832. The van der Waals surface area contributed by atoms with Gasteiger partial charge < -0.3 is 15.4 Å². The van der Waals surface area contributed by atoms with Gasteiger partial charge in [0.1, 0.15) is 17.6 Å². The van der Waals surface area contributed by atoms with Gasteiger partial charge in [-0.05, 0) is 48.7 Å². The van der Waals surface area contributed by atoms with E-state index in [-0.39, 0.29) is 17.8 Å². The number of amides is 1. The molecule has 0 radical (unpaired) electrons. The van der Waals surface area contributed by atoms with E-state index in [1.54, 1.807) is 37.4 Å². The number of anilines is 1. The van der Waals surface area contributed by atoms with Gasteiger partial charge in [0, 0.05) is 11.7 Å². The summed E-state index contributed by atoms with van der Waals surface area (Å²) < 4.78 is 18.3. The van der Waals surface area contributed by atoms with Crippen LogP contribution in [0.15, 0.2) is 42.5 Å². The Kier molecular flexibility index (Phi) is 4.90. The first-order valence-corrected chi connectivity index (χ1v) is 8.10. The Balaban J connectivity index is 1.84. The molecular formula is C18H18ClFN2O2. The van der Waals surface area contributed by atoms with Crippen molar-refractivity contribution in [3.05, 3.63) is 58.9 Å². The molecule has 1 saturated carbocycles. The van der Waals surface area contributed by atoms with Crippen LogP contribution >= 0.6 is 11.6 Å². The summed E-state index contributed by atoms with van der Waals surface area (Å²) in [6.45, 7) is 0. The Morgan fingerprint density at radius 3 is 2.54 bits per heavy atom. The largest absolute Gasteiger partial charge is 0.495 e. The molecule has 0 aromatic heterocycles. The van der Waals surface area contributed by atoms with Crippen LogP contribution in [0.3, 0.4) is 0 Å². The lowest BCUT2D eigenvalue weighted by molar-refractivity contribution is -0.122. The summed E-state index contributed by atoms with van der Waals surface area (Å²) >= 11 is 6.14. The number of carbonyl (C=O) groups is 1. The number of hydrogen-bond acceptors (Lipinski definition) is 3. The number of ether oxygens (including phenoxy) is 1. The van der Waals surface area contributed by atoms with Crippen LogP contribution in [0.2, 0.25) is 5.02 Å². The normalized spacial score (nSPS) is 14.8. The van der Waals surface area contributed by atoms with Gasteiger partial charge in [0.25, 0.3) is 0 Å².